The first-order valence-corrected chi connectivity index (χ1v) is 9.35. The lowest BCUT2D eigenvalue weighted by molar-refractivity contribution is -0.130. The Bertz CT molecular complexity index is 840. The number of nitrogens with zero attached hydrogens (tertiary/aromatic N) is 2. The number of likely N-dealkylation sites (tertiary alicyclic amines) is 1. The second kappa shape index (κ2) is 8.77. The summed E-state index contributed by atoms with van der Waals surface area (Å²) in [4.78, 5) is 33.3. The molecule has 8 nitrogen and oxygen atoms in total. The molecule has 1 aliphatic heterocycles. The number of aromatic nitrogens is 2. The van der Waals surface area contributed by atoms with Crippen molar-refractivity contribution in [2.45, 2.75) is 39.3 Å². The fourth-order valence-electron chi connectivity index (χ4n) is 3.21. The summed E-state index contributed by atoms with van der Waals surface area (Å²) in [5, 5.41) is 2.88. The Morgan fingerprint density at radius 2 is 2.07 bits per heavy atom. The molecule has 0 unspecified atom stereocenters. The SMILES string of the molecule is COc1ccc(OC2CCN(C(C)=O)CC2)c(C(=O)NCc2nc[nH]c2C)c1. The topological polar surface area (TPSA) is 96.6 Å². The highest BCUT2D eigenvalue weighted by atomic mass is 16.5. The average molecular weight is 386 g/mol. The summed E-state index contributed by atoms with van der Waals surface area (Å²) >= 11 is 0. The molecule has 8 heteroatoms. The molecular weight excluding hydrogens is 360 g/mol. The lowest BCUT2D eigenvalue weighted by atomic mass is 10.1. The number of hydrogen-bond acceptors (Lipinski definition) is 5. The number of carbonyl (C=O) groups excluding carboxylic acids is 2. The smallest absolute Gasteiger partial charge is 0.255 e. The van der Waals surface area contributed by atoms with Crippen LogP contribution in [0.25, 0.3) is 0 Å². The Morgan fingerprint density at radius 3 is 2.68 bits per heavy atom. The molecule has 1 aromatic carbocycles. The Hall–Kier alpha value is -3.03. The number of nitrogens with one attached hydrogen (secondary N) is 2. The van der Waals surface area contributed by atoms with Crippen molar-refractivity contribution in [2.24, 2.45) is 0 Å². The maximum Gasteiger partial charge on any atom is 0.255 e. The normalized spacial score (nSPS) is 14.6. The molecule has 150 valence electrons. The molecule has 2 N–H and O–H groups in total. The van der Waals surface area contributed by atoms with Crippen LogP contribution in [0, 0.1) is 6.92 Å². The second-order valence-electron chi connectivity index (χ2n) is 6.84. The van der Waals surface area contributed by atoms with Gasteiger partial charge >= 0.3 is 0 Å². The fraction of sp³-hybridized carbons (Fsp3) is 0.450. The quantitative estimate of drug-likeness (QED) is 0.792. The van der Waals surface area contributed by atoms with Crippen LogP contribution < -0.4 is 14.8 Å². The van der Waals surface area contributed by atoms with E-state index in [1.54, 1.807) is 38.6 Å². The molecule has 1 fully saturated rings. The number of aromatic amines is 1. The lowest BCUT2D eigenvalue weighted by Crippen LogP contribution is -2.40. The van der Waals surface area contributed by atoms with Crippen molar-refractivity contribution in [1.29, 1.82) is 0 Å². The largest absolute Gasteiger partial charge is 0.497 e. The molecule has 2 amide bonds. The van der Waals surface area contributed by atoms with Crippen molar-refractivity contribution >= 4 is 11.8 Å². The van der Waals surface area contributed by atoms with Gasteiger partial charge in [-0.2, -0.15) is 0 Å². The summed E-state index contributed by atoms with van der Waals surface area (Å²) in [6.07, 6.45) is 3.03. The third-order valence-electron chi connectivity index (χ3n) is 4.96. The van der Waals surface area contributed by atoms with Crippen molar-refractivity contribution in [3.05, 3.63) is 41.5 Å². The van der Waals surface area contributed by atoms with Gasteiger partial charge in [-0.15, -0.1) is 0 Å². The Balaban J connectivity index is 1.70. The highest BCUT2D eigenvalue weighted by molar-refractivity contribution is 5.97. The van der Waals surface area contributed by atoms with Crippen molar-refractivity contribution in [3.8, 4) is 11.5 Å². The molecule has 1 aromatic heterocycles. The highest BCUT2D eigenvalue weighted by Crippen LogP contribution is 2.27. The van der Waals surface area contributed by atoms with Crippen LogP contribution in [0.1, 0.15) is 41.5 Å². The fourth-order valence-corrected chi connectivity index (χ4v) is 3.21. The van der Waals surface area contributed by atoms with E-state index in [1.807, 2.05) is 11.8 Å². The number of methoxy groups -OCH3 is 1. The summed E-state index contributed by atoms with van der Waals surface area (Å²) in [6.45, 7) is 5.13. The predicted octanol–water partition coefficient (Wildman–Crippen LogP) is 2.05. The van der Waals surface area contributed by atoms with Gasteiger partial charge in [-0.05, 0) is 25.1 Å². The number of hydrogen-bond donors (Lipinski definition) is 2. The molecule has 1 saturated heterocycles. The van der Waals surface area contributed by atoms with Gasteiger partial charge in [0.1, 0.15) is 17.6 Å². The number of imidazole rings is 1. The van der Waals surface area contributed by atoms with Gasteiger partial charge in [0.15, 0.2) is 0 Å². The molecule has 28 heavy (non-hydrogen) atoms. The lowest BCUT2D eigenvalue weighted by Gasteiger charge is -2.31. The number of amides is 2. The van der Waals surface area contributed by atoms with Crippen LogP contribution in [0.3, 0.4) is 0 Å². The van der Waals surface area contributed by atoms with E-state index in [-0.39, 0.29) is 17.9 Å². The zero-order valence-corrected chi connectivity index (χ0v) is 16.4. The van der Waals surface area contributed by atoms with Gasteiger partial charge in [0.2, 0.25) is 5.91 Å². The van der Waals surface area contributed by atoms with E-state index < -0.39 is 0 Å². The van der Waals surface area contributed by atoms with Crippen molar-refractivity contribution in [2.75, 3.05) is 20.2 Å². The standard InChI is InChI=1S/C20H26N4O4/c1-13-18(23-12-22-13)11-21-20(26)17-10-16(27-3)4-5-19(17)28-15-6-8-24(9-7-15)14(2)25/h4-5,10,12,15H,6-9,11H2,1-3H3,(H,21,26)(H,22,23). The van der Waals surface area contributed by atoms with Crippen LogP contribution in [0.2, 0.25) is 0 Å². The summed E-state index contributed by atoms with van der Waals surface area (Å²) in [5.41, 5.74) is 2.12. The van der Waals surface area contributed by atoms with Crippen LogP contribution in [-0.2, 0) is 11.3 Å². The predicted molar refractivity (Wildman–Crippen MR) is 103 cm³/mol. The van der Waals surface area contributed by atoms with E-state index in [2.05, 4.69) is 15.3 Å². The zero-order valence-electron chi connectivity index (χ0n) is 16.4. The number of piperidine rings is 1. The van der Waals surface area contributed by atoms with Gasteiger partial charge in [0.05, 0.1) is 31.2 Å². The maximum atomic E-state index is 12.8. The summed E-state index contributed by atoms with van der Waals surface area (Å²) in [5.74, 6) is 0.923. The first-order valence-electron chi connectivity index (χ1n) is 9.35. The minimum Gasteiger partial charge on any atom is -0.497 e. The van der Waals surface area contributed by atoms with Gasteiger partial charge < -0.3 is 24.7 Å². The molecule has 0 saturated carbocycles. The van der Waals surface area contributed by atoms with Gasteiger partial charge in [-0.3, -0.25) is 9.59 Å². The van der Waals surface area contributed by atoms with Crippen LogP contribution >= 0.6 is 0 Å². The van der Waals surface area contributed by atoms with E-state index in [0.717, 1.165) is 24.2 Å². The van der Waals surface area contributed by atoms with Crippen molar-refractivity contribution in [3.63, 3.8) is 0 Å². The zero-order chi connectivity index (χ0) is 20.1. The van der Waals surface area contributed by atoms with Gasteiger partial charge in [0.25, 0.3) is 5.91 Å². The number of ether oxygens (including phenoxy) is 2. The maximum absolute atomic E-state index is 12.8. The van der Waals surface area contributed by atoms with E-state index in [9.17, 15) is 9.59 Å². The molecule has 2 aromatic rings. The molecule has 0 aliphatic carbocycles. The molecule has 3 rings (SSSR count). The van der Waals surface area contributed by atoms with E-state index in [4.69, 9.17) is 9.47 Å². The Kier molecular flexibility index (Phi) is 6.18. The summed E-state index contributed by atoms with van der Waals surface area (Å²) in [6, 6.07) is 5.20. The van der Waals surface area contributed by atoms with Crippen LogP contribution in [-0.4, -0.2) is 53.0 Å². The summed E-state index contributed by atoms with van der Waals surface area (Å²) < 4.78 is 11.4. The minimum absolute atomic E-state index is 0.0378. The van der Waals surface area contributed by atoms with Gasteiger partial charge in [-0.1, -0.05) is 0 Å². The molecular formula is C20H26N4O4. The number of aryl methyl sites for hydroxylation is 1. The molecule has 0 bridgehead atoms. The van der Waals surface area contributed by atoms with E-state index in [1.165, 1.54) is 0 Å². The van der Waals surface area contributed by atoms with Gasteiger partial charge in [-0.25, -0.2) is 4.98 Å². The van der Waals surface area contributed by atoms with Crippen LogP contribution in [0.4, 0.5) is 0 Å². The first-order chi connectivity index (χ1) is 13.5. The van der Waals surface area contributed by atoms with Crippen molar-refractivity contribution in [1.82, 2.24) is 20.2 Å². The van der Waals surface area contributed by atoms with Gasteiger partial charge in [0, 0.05) is 38.5 Å². The molecule has 0 spiro atoms. The molecule has 2 heterocycles. The minimum atomic E-state index is -0.252. The Labute approximate surface area is 164 Å². The summed E-state index contributed by atoms with van der Waals surface area (Å²) in [7, 11) is 1.56. The van der Waals surface area contributed by atoms with Crippen molar-refractivity contribution < 1.29 is 19.1 Å². The average Bonchev–Trinajstić information content (AvgIpc) is 3.11. The number of carbonyl (C=O) groups is 2. The molecule has 0 atom stereocenters. The van der Waals surface area contributed by atoms with E-state index >= 15 is 0 Å². The number of rotatable bonds is 6. The first kappa shape index (κ1) is 19.7. The second-order valence-corrected chi connectivity index (χ2v) is 6.84. The van der Waals surface area contributed by atoms with Crippen LogP contribution in [0.5, 0.6) is 11.5 Å². The third kappa shape index (κ3) is 4.62. The molecule has 1 aliphatic rings. The van der Waals surface area contributed by atoms with E-state index in [0.29, 0.717) is 36.7 Å². The highest BCUT2D eigenvalue weighted by Gasteiger charge is 2.24. The third-order valence-corrected chi connectivity index (χ3v) is 4.96. The number of benzene rings is 1. The monoisotopic (exact) mass is 386 g/mol. The number of H-pyrrole nitrogens is 1. The molecule has 0 radical (unpaired) electrons. The van der Waals surface area contributed by atoms with Crippen LogP contribution in [0.15, 0.2) is 24.5 Å². The Morgan fingerprint density at radius 1 is 1.32 bits per heavy atom.